The zero-order valence-electron chi connectivity index (χ0n) is 10.4. The molecule has 19 heavy (non-hydrogen) atoms. The SMILES string of the molecule is CCc1n[nH]c(=S)n1-c1cc(C(F)(F)F)ccc1C. The molecular weight excluding hydrogens is 275 g/mol. The van der Waals surface area contributed by atoms with Crippen molar-refractivity contribution in [1.82, 2.24) is 14.8 Å². The minimum Gasteiger partial charge on any atom is -0.272 e. The topological polar surface area (TPSA) is 33.6 Å². The number of aryl methyl sites for hydroxylation is 2. The van der Waals surface area contributed by atoms with Crippen LogP contribution in [0.1, 0.15) is 23.9 Å². The molecule has 1 N–H and O–H groups in total. The summed E-state index contributed by atoms with van der Waals surface area (Å²) in [5, 5.41) is 6.61. The van der Waals surface area contributed by atoms with E-state index in [1.54, 1.807) is 11.5 Å². The Bertz CT molecular complexity index is 655. The average Bonchev–Trinajstić information content (AvgIpc) is 2.69. The second kappa shape index (κ2) is 4.80. The van der Waals surface area contributed by atoms with Gasteiger partial charge in [0.2, 0.25) is 0 Å². The van der Waals surface area contributed by atoms with Gasteiger partial charge in [0.05, 0.1) is 11.3 Å². The van der Waals surface area contributed by atoms with Crippen LogP contribution < -0.4 is 0 Å². The number of hydrogen-bond donors (Lipinski definition) is 1. The van der Waals surface area contributed by atoms with Gasteiger partial charge in [-0.05, 0) is 36.8 Å². The molecule has 0 unspecified atom stereocenters. The van der Waals surface area contributed by atoms with E-state index in [4.69, 9.17) is 12.2 Å². The van der Waals surface area contributed by atoms with Crippen molar-refractivity contribution in [3.8, 4) is 5.69 Å². The highest BCUT2D eigenvalue weighted by atomic mass is 32.1. The molecule has 0 amide bonds. The van der Waals surface area contributed by atoms with Gasteiger partial charge < -0.3 is 0 Å². The van der Waals surface area contributed by atoms with Gasteiger partial charge in [0.25, 0.3) is 0 Å². The maximum absolute atomic E-state index is 12.8. The zero-order chi connectivity index (χ0) is 14.2. The Morgan fingerprint density at radius 1 is 1.37 bits per heavy atom. The summed E-state index contributed by atoms with van der Waals surface area (Å²) in [5.41, 5.74) is 0.420. The first-order valence-electron chi connectivity index (χ1n) is 5.69. The van der Waals surface area contributed by atoms with E-state index in [1.165, 1.54) is 6.07 Å². The van der Waals surface area contributed by atoms with Crippen molar-refractivity contribution in [2.75, 3.05) is 0 Å². The van der Waals surface area contributed by atoms with Crippen molar-refractivity contribution in [3.05, 3.63) is 39.9 Å². The molecule has 2 rings (SSSR count). The third kappa shape index (κ3) is 2.56. The van der Waals surface area contributed by atoms with E-state index in [-0.39, 0.29) is 0 Å². The van der Waals surface area contributed by atoms with Crippen LogP contribution in [0, 0.1) is 11.7 Å². The summed E-state index contributed by atoms with van der Waals surface area (Å²) in [7, 11) is 0. The molecule has 7 heteroatoms. The first-order valence-corrected chi connectivity index (χ1v) is 6.10. The molecule has 1 heterocycles. The first-order chi connectivity index (χ1) is 8.84. The number of nitrogens with one attached hydrogen (secondary N) is 1. The summed E-state index contributed by atoms with van der Waals surface area (Å²) in [6.45, 7) is 3.61. The number of aromatic amines is 1. The van der Waals surface area contributed by atoms with Crippen LogP contribution in [-0.4, -0.2) is 14.8 Å². The molecule has 0 aliphatic carbocycles. The largest absolute Gasteiger partial charge is 0.416 e. The van der Waals surface area contributed by atoms with Crippen LogP contribution in [0.15, 0.2) is 18.2 Å². The van der Waals surface area contributed by atoms with Gasteiger partial charge >= 0.3 is 6.18 Å². The molecule has 102 valence electrons. The normalized spacial score (nSPS) is 11.8. The van der Waals surface area contributed by atoms with Crippen LogP contribution in [0.5, 0.6) is 0 Å². The van der Waals surface area contributed by atoms with Gasteiger partial charge in [-0.2, -0.15) is 18.3 Å². The van der Waals surface area contributed by atoms with Gasteiger partial charge in [-0.15, -0.1) is 0 Å². The van der Waals surface area contributed by atoms with E-state index in [2.05, 4.69) is 10.2 Å². The van der Waals surface area contributed by atoms with Crippen LogP contribution in [0.2, 0.25) is 0 Å². The fraction of sp³-hybridized carbons (Fsp3) is 0.333. The summed E-state index contributed by atoms with van der Waals surface area (Å²) in [6, 6.07) is 3.60. The summed E-state index contributed by atoms with van der Waals surface area (Å²) < 4.78 is 40.1. The molecule has 0 atom stereocenters. The molecule has 0 radical (unpaired) electrons. The van der Waals surface area contributed by atoms with E-state index in [1.807, 2.05) is 6.92 Å². The Morgan fingerprint density at radius 3 is 2.63 bits per heavy atom. The molecule has 0 spiro atoms. The summed E-state index contributed by atoms with van der Waals surface area (Å²) in [4.78, 5) is 0. The number of hydrogen-bond acceptors (Lipinski definition) is 2. The number of nitrogens with zero attached hydrogens (tertiary/aromatic N) is 2. The van der Waals surface area contributed by atoms with Gasteiger partial charge in [0.1, 0.15) is 5.82 Å². The van der Waals surface area contributed by atoms with Crippen LogP contribution >= 0.6 is 12.2 Å². The summed E-state index contributed by atoms with van der Waals surface area (Å²) in [5.74, 6) is 0.604. The van der Waals surface area contributed by atoms with Crippen LogP contribution in [0.4, 0.5) is 13.2 Å². The highest BCUT2D eigenvalue weighted by Crippen LogP contribution is 2.31. The van der Waals surface area contributed by atoms with Crippen LogP contribution in [0.25, 0.3) is 5.69 Å². The molecule has 0 bridgehead atoms. The van der Waals surface area contributed by atoms with E-state index in [9.17, 15) is 13.2 Å². The molecule has 1 aromatic heterocycles. The summed E-state index contributed by atoms with van der Waals surface area (Å²) >= 11 is 5.08. The Morgan fingerprint density at radius 2 is 2.05 bits per heavy atom. The first kappa shape index (κ1) is 13.8. The van der Waals surface area contributed by atoms with Crippen molar-refractivity contribution in [1.29, 1.82) is 0 Å². The monoisotopic (exact) mass is 287 g/mol. The number of rotatable bonds is 2. The second-order valence-corrected chi connectivity index (χ2v) is 4.52. The van der Waals surface area contributed by atoms with Gasteiger partial charge in [-0.3, -0.25) is 9.67 Å². The fourth-order valence-corrected chi connectivity index (χ4v) is 2.09. The van der Waals surface area contributed by atoms with Crippen molar-refractivity contribution < 1.29 is 13.2 Å². The fourth-order valence-electron chi connectivity index (χ4n) is 1.84. The molecule has 0 aliphatic rings. The zero-order valence-corrected chi connectivity index (χ0v) is 11.2. The number of alkyl halides is 3. The lowest BCUT2D eigenvalue weighted by Gasteiger charge is -2.13. The molecular formula is C12H12F3N3S. The summed E-state index contributed by atoms with van der Waals surface area (Å²) in [6.07, 6.45) is -3.80. The molecule has 0 saturated heterocycles. The quantitative estimate of drug-likeness (QED) is 0.852. The molecule has 0 fully saturated rings. The van der Waals surface area contributed by atoms with Gasteiger partial charge in [0, 0.05) is 6.42 Å². The molecule has 0 saturated carbocycles. The van der Waals surface area contributed by atoms with E-state index in [0.29, 0.717) is 28.3 Å². The Balaban J connectivity index is 2.68. The molecule has 0 aliphatic heterocycles. The predicted molar refractivity (Wildman–Crippen MR) is 67.9 cm³/mol. The lowest BCUT2D eigenvalue weighted by atomic mass is 10.1. The Kier molecular flexibility index (Phi) is 3.49. The number of halogens is 3. The third-order valence-corrected chi connectivity index (χ3v) is 3.11. The maximum atomic E-state index is 12.8. The van der Waals surface area contributed by atoms with Crippen LogP contribution in [-0.2, 0) is 12.6 Å². The lowest BCUT2D eigenvalue weighted by molar-refractivity contribution is -0.137. The van der Waals surface area contributed by atoms with Crippen molar-refractivity contribution in [2.45, 2.75) is 26.4 Å². The highest BCUT2D eigenvalue weighted by molar-refractivity contribution is 7.71. The molecule has 1 aromatic carbocycles. The number of benzene rings is 1. The predicted octanol–water partition coefficient (Wildman–Crippen LogP) is 3.82. The average molecular weight is 287 g/mol. The van der Waals surface area contributed by atoms with Crippen molar-refractivity contribution in [3.63, 3.8) is 0 Å². The van der Waals surface area contributed by atoms with Gasteiger partial charge in [0.15, 0.2) is 4.77 Å². The van der Waals surface area contributed by atoms with E-state index < -0.39 is 11.7 Å². The van der Waals surface area contributed by atoms with Gasteiger partial charge in [-0.25, -0.2) is 0 Å². The number of H-pyrrole nitrogens is 1. The standard InChI is InChI=1S/C12H12F3N3S/c1-3-10-16-17-11(19)18(10)9-6-8(12(13,14)15)5-4-7(9)2/h4-6H,3H2,1-2H3,(H,17,19). The number of aromatic nitrogens is 3. The maximum Gasteiger partial charge on any atom is 0.416 e. The minimum atomic E-state index is -4.37. The third-order valence-electron chi connectivity index (χ3n) is 2.84. The lowest BCUT2D eigenvalue weighted by Crippen LogP contribution is -2.08. The Hall–Kier alpha value is -1.63. The van der Waals surface area contributed by atoms with Crippen molar-refractivity contribution in [2.24, 2.45) is 0 Å². The highest BCUT2D eigenvalue weighted by Gasteiger charge is 2.31. The van der Waals surface area contributed by atoms with Gasteiger partial charge in [-0.1, -0.05) is 13.0 Å². The minimum absolute atomic E-state index is 0.291. The van der Waals surface area contributed by atoms with E-state index in [0.717, 1.165) is 12.1 Å². The molecule has 3 nitrogen and oxygen atoms in total. The van der Waals surface area contributed by atoms with E-state index >= 15 is 0 Å². The van der Waals surface area contributed by atoms with Crippen LogP contribution in [0.3, 0.4) is 0 Å². The second-order valence-electron chi connectivity index (χ2n) is 4.13. The smallest absolute Gasteiger partial charge is 0.272 e. The Labute approximate surface area is 113 Å². The van der Waals surface area contributed by atoms with Crippen molar-refractivity contribution >= 4 is 12.2 Å². The molecule has 2 aromatic rings.